The molecule has 0 aromatic heterocycles. The van der Waals surface area contributed by atoms with Gasteiger partial charge in [-0.2, -0.15) is 0 Å². The third-order valence-electron chi connectivity index (χ3n) is 14.1. The standard InChI is InChI=1S/C37H69N3O3/c1-25(2)26(3)11-12-27(4)31-13-14-32-30-23-34(40(22-10-20-39)21-9-8-19-38)37(42)24-29(43-28(5)41)15-18-36(37,7)33(30)16-17-35(31,32)6/h25-27,29-34,42H,8-24,38-39H2,1-7H3/t26-,27-,29?,30+,31-,32+,33+,34?,35-,36-,37?/m1/s1. The van der Waals surface area contributed by atoms with Gasteiger partial charge in [0.2, 0.25) is 0 Å². The van der Waals surface area contributed by atoms with E-state index in [4.69, 9.17) is 16.2 Å². The lowest BCUT2D eigenvalue weighted by Crippen LogP contribution is -2.72. The average molecular weight is 604 g/mol. The quantitative estimate of drug-likeness (QED) is 0.150. The van der Waals surface area contributed by atoms with Gasteiger partial charge in [0.1, 0.15) is 6.10 Å². The number of hydrogen-bond acceptors (Lipinski definition) is 6. The van der Waals surface area contributed by atoms with Gasteiger partial charge in [0.15, 0.2) is 0 Å². The Morgan fingerprint density at radius 2 is 1.63 bits per heavy atom. The summed E-state index contributed by atoms with van der Waals surface area (Å²) in [5.41, 5.74) is 11.3. The number of carbonyl (C=O) groups is 1. The SMILES string of the molecule is CC(=O)OC1CC[C@]2(C)[C@H]3CC[C@]4(C)[C@@H]([C@H](C)CC[C@@H](C)C(C)C)CC[C@H]4[C@@H]3CC(N(CCCN)CCCCN)C2(O)C1. The van der Waals surface area contributed by atoms with E-state index in [1.165, 1.54) is 45.4 Å². The van der Waals surface area contributed by atoms with Crippen molar-refractivity contribution in [3.8, 4) is 0 Å². The first-order valence-corrected chi connectivity index (χ1v) is 18.4. The van der Waals surface area contributed by atoms with Gasteiger partial charge >= 0.3 is 5.97 Å². The topological polar surface area (TPSA) is 102 Å². The van der Waals surface area contributed by atoms with Crippen LogP contribution < -0.4 is 11.5 Å². The zero-order valence-corrected chi connectivity index (χ0v) is 29.1. The second-order valence-corrected chi connectivity index (χ2v) is 16.6. The first-order valence-electron chi connectivity index (χ1n) is 18.4. The highest BCUT2D eigenvalue weighted by Gasteiger charge is 2.68. The summed E-state index contributed by atoms with van der Waals surface area (Å²) in [7, 11) is 0. The van der Waals surface area contributed by atoms with Crippen LogP contribution in [0.3, 0.4) is 0 Å². The first kappa shape index (κ1) is 35.2. The highest BCUT2D eigenvalue weighted by molar-refractivity contribution is 5.66. The number of rotatable bonds is 14. The average Bonchev–Trinajstić information content (AvgIpc) is 3.31. The van der Waals surface area contributed by atoms with Crippen LogP contribution in [0.4, 0.5) is 0 Å². The van der Waals surface area contributed by atoms with Crippen LogP contribution in [0.2, 0.25) is 0 Å². The van der Waals surface area contributed by atoms with Crippen molar-refractivity contribution in [2.45, 2.75) is 150 Å². The van der Waals surface area contributed by atoms with Crippen molar-refractivity contribution in [3.63, 3.8) is 0 Å². The molecule has 0 aliphatic heterocycles. The molecule has 4 fully saturated rings. The Labute approximate surface area is 264 Å². The van der Waals surface area contributed by atoms with Crippen LogP contribution in [-0.2, 0) is 9.53 Å². The normalized spacial score (nSPS) is 40.6. The number of nitrogens with zero attached hydrogens (tertiary/aromatic N) is 1. The van der Waals surface area contributed by atoms with Crippen LogP contribution in [0.25, 0.3) is 0 Å². The minimum absolute atomic E-state index is 0.0622. The Balaban J connectivity index is 1.65. The van der Waals surface area contributed by atoms with E-state index < -0.39 is 5.60 Å². The molecule has 43 heavy (non-hydrogen) atoms. The predicted molar refractivity (Wildman–Crippen MR) is 177 cm³/mol. The van der Waals surface area contributed by atoms with Crippen LogP contribution in [0.1, 0.15) is 132 Å². The van der Waals surface area contributed by atoms with Crippen LogP contribution in [0.15, 0.2) is 0 Å². The lowest BCUT2D eigenvalue weighted by atomic mass is 9.41. The smallest absolute Gasteiger partial charge is 0.302 e. The monoisotopic (exact) mass is 604 g/mol. The zero-order valence-electron chi connectivity index (χ0n) is 29.1. The molecule has 4 aliphatic rings. The number of ether oxygens (including phenoxy) is 1. The minimum atomic E-state index is -0.879. The van der Waals surface area contributed by atoms with Crippen molar-refractivity contribution in [1.82, 2.24) is 4.90 Å². The fraction of sp³-hybridized carbons (Fsp3) is 0.973. The minimum Gasteiger partial charge on any atom is -0.462 e. The fourth-order valence-electron chi connectivity index (χ4n) is 11.2. The second kappa shape index (κ2) is 14.4. The molecule has 4 aliphatic carbocycles. The molecule has 0 aromatic rings. The number of fused-ring (bicyclic) bond motifs is 5. The van der Waals surface area contributed by atoms with Gasteiger partial charge in [-0.15, -0.1) is 0 Å². The van der Waals surface area contributed by atoms with Crippen molar-refractivity contribution in [2.24, 2.45) is 63.7 Å². The van der Waals surface area contributed by atoms with Crippen molar-refractivity contribution >= 4 is 5.97 Å². The summed E-state index contributed by atoms with van der Waals surface area (Å²) in [4.78, 5) is 14.6. The maximum absolute atomic E-state index is 13.1. The van der Waals surface area contributed by atoms with Crippen LogP contribution >= 0.6 is 0 Å². The molecule has 4 rings (SSSR count). The van der Waals surface area contributed by atoms with Gasteiger partial charge in [-0.3, -0.25) is 9.69 Å². The second-order valence-electron chi connectivity index (χ2n) is 16.6. The van der Waals surface area contributed by atoms with Gasteiger partial charge in [-0.25, -0.2) is 0 Å². The molecule has 0 heterocycles. The van der Waals surface area contributed by atoms with E-state index in [-0.39, 0.29) is 23.5 Å². The van der Waals surface area contributed by atoms with Crippen molar-refractivity contribution < 1.29 is 14.6 Å². The molecule has 3 unspecified atom stereocenters. The fourth-order valence-corrected chi connectivity index (χ4v) is 11.2. The van der Waals surface area contributed by atoms with E-state index in [1.807, 2.05) is 0 Å². The summed E-state index contributed by atoms with van der Waals surface area (Å²) in [5, 5.41) is 13.1. The Morgan fingerprint density at radius 3 is 2.28 bits per heavy atom. The molecular weight excluding hydrogens is 534 g/mol. The van der Waals surface area contributed by atoms with E-state index in [0.717, 1.165) is 81.2 Å². The number of hydrogen-bond donors (Lipinski definition) is 3. The Bertz CT molecular complexity index is 914. The highest BCUT2D eigenvalue weighted by Crippen LogP contribution is 2.69. The molecule has 0 aromatic carbocycles. The van der Waals surface area contributed by atoms with Gasteiger partial charge in [0.25, 0.3) is 0 Å². The summed E-state index contributed by atoms with van der Waals surface area (Å²) < 4.78 is 5.82. The maximum Gasteiger partial charge on any atom is 0.302 e. The third-order valence-corrected chi connectivity index (χ3v) is 14.1. The molecule has 4 saturated carbocycles. The molecule has 0 bridgehead atoms. The lowest BCUT2D eigenvalue weighted by Gasteiger charge is -2.67. The molecular formula is C37H69N3O3. The molecule has 11 atom stereocenters. The largest absolute Gasteiger partial charge is 0.462 e. The summed E-state index contributed by atoms with van der Waals surface area (Å²) >= 11 is 0. The summed E-state index contributed by atoms with van der Waals surface area (Å²) in [6, 6.07) is 0.0622. The number of aliphatic hydroxyl groups is 1. The predicted octanol–water partition coefficient (Wildman–Crippen LogP) is 6.77. The summed E-state index contributed by atoms with van der Waals surface area (Å²) in [6.07, 6.45) is 14.1. The number of esters is 1. The first-order chi connectivity index (χ1) is 20.3. The molecule has 5 N–H and O–H groups in total. The highest BCUT2D eigenvalue weighted by atomic mass is 16.5. The Morgan fingerprint density at radius 1 is 0.930 bits per heavy atom. The van der Waals surface area contributed by atoms with E-state index >= 15 is 0 Å². The third kappa shape index (κ3) is 6.88. The molecule has 0 amide bonds. The van der Waals surface area contributed by atoms with Crippen molar-refractivity contribution in [3.05, 3.63) is 0 Å². The molecule has 0 radical (unpaired) electrons. The number of carbonyl (C=O) groups excluding carboxylic acids is 1. The van der Waals surface area contributed by atoms with E-state index in [9.17, 15) is 9.90 Å². The van der Waals surface area contributed by atoms with Crippen molar-refractivity contribution in [2.75, 3.05) is 26.2 Å². The van der Waals surface area contributed by atoms with Crippen LogP contribution in [0, 0.1) is 52.3 Å². The lowest BCUT2D eigenvalue weighted by molar-refractivity contribution is -0.253. The molecule has 6 nitrogen and oxygen atoms in total. The molecule has 6 heteroatoms. The maximum atomic E-state index is 13.1. The summed E-state index contributed by atoms with van der Waals surface area (Å²) in [5.74, 6) is 4.81. The Hall–Kier alpha value is -0.690. The van der Waals surface area contributed by atoms with Gasteiger partial charge in [0, 0.05) is 24.8 Å². The van der Waals surface area contributed by atoms with Gasteiger partial charge < -0.3 is 21.3 Å². The molecule has 0 saturated heterocycles. The van der Waals surface area contributed by atoms with Gasteiger partial charge in [0.05, 0.1) is 5.60 Å². The van der Waals surface area contributed by atoms with Crippen LogP contribution in [-0.4, -0.2) is 59.9 Å². The van der Waals surface area contributed by atoms with Gasteiger partial charge in [-0.1, -0.05) is 54.4 Å². The molecule has 0 spiro atoms. The Kier molecular flexibility index (Phi) is 11.8. The molecule has 250 valence electrons. The van der Waals surface area contributed by atoms with E-state index in [1.54, 1.807) is 0 Å². The number of nitrogens with two attached hydrogens (primary N) is 2. The van der Waals surface area contributed by atoms with E-state index in [2.05, 4.69) is 46.4 Å². The van der Waals surface area contributed by atoms with Crippen molar-refractivity contribution in [1.29, 1.82) is 0 Å². The summed E-state index contributed by atoms with van der Waals surface area (Å²) in [6.45, 7) is 19.6. The van der Waals surface area contributed by atoms with Gasteiger partial charge in [-0.05, 0) is 137 Å². The van der Waals surface area contributed by atoms with Crippen LogP contribution in [0.5, 0.6) is 0 Å². The number of unbranched alkanes of at least 4 members (excludes halogenated alkanes) is 1. The zero-order chi connectivity index (χ0) is 31.6. The van der Waals surface area contributed by atoms with E-state index in [0.29, 0.717) is 36.8 Å².